The predicted molar refractivity (Wildman–Crippen MR) is 102 cm³/mol. The van der Waals surface area contributed by atoms with Crippen molar-refractivity contribution in [2.45, 2.75) is 23.1 Å². The van der Waals surface area contributed by atoms with Gasteiger partial charge in [-0.2, -0.15) is 0 Å². The lowest BCUT2D eigenvalue weighted by Crippen LogP contribution is -2.21. The molecule has 25 heavy (non-hydrogen) atoms. The lowest BCUT2D eigenvalue weighted by atomic mass is 10.1. The van der Waals surface area contributed by atoms with Crippen LogP contribution in [-0.2, 0) is 9.59 Å². The minimum absolute atomic E-state index is 0.910. The summed E-state index contributed by atoms with van der Waals surface area (Å²) in [5, 5.41) is 0. The minimum atomic E-state index is 0.910. The highest BCUT2D eigenvalue weighted by atomic mass is 32.2. The normalized spacial score (nSPS) is 11.2. The van der Waals surface area contributed by atoms with E-state index in [4.69, 9.17) is 0 Å². The molecule has 0 spiro atoms. The van der Waals surface area contributed by atoms with Crippen LogP contribution in [0.5, 0.6) is 0 Å². The molecule has 2 aromatic carbocycles. The Balaban J connectivity index is 2.10. The van der Waals surface area contributed by atoms with Crippen molar-refractivity contribution in [3.63, 3.8) is 0 Å². The minimum Gasteiger partial charge on any atom is -0.340 e. The first-order chi connectivity index (χ1) is 12.3. The van der Waals surface area contributed by atoms with Crippen LogP contribution in [0.4, 0.5) is 11.4 Å². The molecule has 0 aromatic heterocycles. The quantitative estimate of drug-likeness (QED) is 0.595. The zero-order valence-electron chi connectivity index (χ0n) is 13.7. The summed E-state index contributed by atoms with van der Waals surface area (Å²) in [6, 6.07) is 12.2. The van der Waals surface area contributed by atoms with Crippen molar-refractivity contribution in [2.75, 3.05) is 11.4 Å². The predicted octanol–water partition coefficient (Wildman–Crippen LogP) is 4.70. The third kappa shape index (κ3) is 3.60. The molecule has 0 saturated heterocycles. The first kappa shape index (κ1) is 16.9. The van der Waals surface area contributed by atoms with Crippen molar-refractivity contribution < 1.29 is 9.59 Å². The summed E-state index contributed by atoms with van der Waals surface area (Å²) in [7, 11) is 0. The number of nitrogens with zero attached hydrogens (tertiary/aromatic N) is 1. The van der Waals surface area contributed by atoms with E-state index < -0.39 is 0 Å². The standard InChI is InChI=1S/C21H15NO2S/c1-2-11-22-18-9-7-16(5-3-12-23)14-20(18)25-21-15-17(6-4-13-24)8-10-19(21)22/h5-10,14-15H,2,11H2,1H3. The molecule has 1 aliphatic rings. The van der Waals surface area contributed by atoms with Crippen LogP contribution in [0, 0.1) is 0 Å². The lowest BCUT2D eigenvalue weighted by molar-refractivity contribution is 0.568. The molecule has 3 rings (SSSR count). The van der Waals surface area contributed by atoms with E-state index in [2.05, 4.69) is 35.4 Å². The van der Waals surface area contributed by atoms with Gasteiger partial charge in [-0.15, -0.1) is 0 Å². The zero-order valence-corrected chi connectivity index (χ0v) is 14.5. The monoisotopic (exact) mass is 345 g/mol. The second-order valence-corrected chi connectivity index (χ2v) is 6.57. The van der Waals surface area contributed by atoms with Gasteiger partial charge in [0, 0.05) is 16.3 Å². The second kappa shape index (κ2) is 7.75. The second-order valence-electron chi connectivity index (χ2n) is 5.49. The Hall–Kier alpha value is -2.95. The van der Waals surface area contributed by atoms with Crippen LogP contribution in [0.2, 0.25) is 0 Å². The Morgan fingerprint density at radius 3 is 1.88 bits per heavy atom. The van der Waals surface area contributed by atoms with Crippen molar-refractivity contribution in [1.82, 2.24) is 0 Å². The summed E-state index contributed by atoms with van der Waals surface area (Å²) in [6.07, 6.45) is 4.28. The Kier molecular flexibility index (Phi) is 5.23. The molecule has 0 radical (unpaired) electrons. The van der Waals surface area contributed by atoms with E-state index in [1.807, 2.05) is 24.3 Å². The fourth-order valence-corrected chi connectivity index (χ4v) is 3.98. The molecule has 0 atom stereocenters. The molecule has 2 aromatic rings. The van der Waals surface area contributed by atoms with Gasteiger partial charge in [-0.3, -0.25) is 0 Å². The highest BCUT2D eigenvalue weighted by Crippen LogP contribution is 2.48. The molecule has 0 fully saturated rings. The summed E-state index contributed by atoms with van der Waals surface area (Å²) in [4.78, 5) is 25.3. The topological polar surface area (TPSA) is 37.4 Å². The number of rotatable bonds is 4. The molecule has 1 heterocycles. The molecule has 0 aliphatic carbocycles. The first-order valence-electron chi connectivity index (χ1n) is 7.92. The van der Waals surface area contributed by atoms with Crippen molar-refractivity contribution in [1.29, 1.82) is 0 Å². The number of fused-ring (bicyclic) bond motifs is 2. The van der Waals surface area contributed by atoms with Gasteiger partial charge in [0.1, 0.15) is 0 Å². The average molecular weight is 345 g/mol. The Morgan fingerprint density at radius 2 is 1.44 bits per heavy atom. The van der Waals surface area contributed by atoms with E-state index in [-0.39, 0.29) is 0 Å². The fourth-order valence-electron chi connectivity index (χ4n) is 2.79. The Bertz CT molecular complexity index is 907. The van der Waals surface area contributed by atoms with Crippen LogP contribution in [0.15, 0.2) is 57.7 Å². The lowest BCUT2D eigenvalue weighted by Gasteiger charge is -2.33. The van der Waals surface area contributed by atoms with E-state index in [0.717, 1.165) is 45.3 Å². The molecule has 0 amide bonds. The Morgan fingerprint density at radius 1 is 0.920 bits per heavy atom. The zero-order chi connectivity index (χ0) is 17.6. The van der Waals surface area contributed by atoms with Gasteiger partial charge in [0.15, 0.2) is 11.9 Å². The van der Waals surface area contributed by atoms with Gasteiger partial charge in [0.25, 0.3) is 0 Å². The summed E-state index contributed by atoms with van der Waals surface area (Å²) in [5.74, 6) is 3.31. The fraction of sp³-hybridized carbons (Fsp3) is 0.143. The van der Waals surface area contributed by atoms with Gasteiger partial charge < -0.3 is 4.90 Å². The molecule has 0 saturated carbocycles. The van der Waals surface area contributed by atoms with Crippen molar-refractivity contribution >= 4 is 47.2 Å². The summed E-state index contributed by atoms with van der Waals surface area (Å²) >= 11 is 1.67. The van der Waals surface area contributed by atoms with Crippen LogP contribution in [-0.4, -0.2) is 18.4 Å². The maximum atomic E-state index is 10.4. The van der Waals surface area contributed by atoms with Gasteiger partial charge in [-0.1, -0.05) is 30.8 Å². The van der Waals surface area contributed by atoms with Crippen molar-refractivity contribution in [3.05, 3.63) is 59.0 Å². The van der Waals surface area contributed by atoms with Gasteiger partial charge in [-0.05, 0) is 65.4 Å². The van der Waals surface area contributed by atoms with Crippen molar-refractivity contribution in [2.24, 2.45) is 0 Å². The average Bonchev–Trinajstić information content (AvgIpc) is 2.64. The number of anilines is 2. The number of hydrogen-bond donors (Lipinski definition) is 0. The maximum absolute atomic E-state index is 10.4. The highest BCUT2D eigenvalue weighted by Gasteiger charge is 2.23. The molecule has 4 heteroatoms. The highest BCUT2D eigenvalue weighted by molar-refractivity contribution is 7.99. The van der Waals surface area contributed by atoms with Crippen molar-refractivity contribution in [3.8, 4) is 0 Å². The number of benzene rings is 2. The van der Waals surface area contributed by atoms with Gasteiger partial charge >= 0.3 is 0 Å². The number of carbonyl (C=O) groups excluding carboxylic acids is 2. The molecule has 0 bridgehead atoms. The van der Waals surface area contributed by atoms with Gasteiger partial charge in [0.05, 0.1) is 11.4 Å². The largest absolute Gasteiger partial charge is 0.340 e. The summed E-state index contributed by atoms with van der Waals surface area (Å²) in [6.45, 7) is 3.06. The van der Waals surface area contributed by atoms with Crippen LogP contribution in [0.1, 0.15) is 24.5 Å². The maximum Gasteiger partial charge on any atom is 0.177 e. The van der Waals surface area contributed by atoms with Crippen LogP contribution < -0.4 is 4.90 Å². The smallest absolute Gasteiger partial charge is 0.177 e. The molecule has 1 aliphatic heterocycles. The first-order valence-corrected chi connectivity index (χ1v) is 8.73. The molecular formula is C21H15NO2S. The van der Waals surface area contributed by atoms with Gasteiger partial charge in [-0.25, -0.2) is 9.59 Å². The summed E-state index contributed by atoms with van der Waals surface area (Å²) in [5.41, 5.74) is 9.05. The van der Waals surface area contributed by atoms with E-state index in [0.29, 0.717) is 0 Å². The van der Waals surface area contributed by atoms with Crippen LogP contribution in [0.3, 0.4) is 0 Å². The van der Waals surface area contributed by atoms with Crippen LogP contribution >= 0.6 is 11.8 Å². The number of hydrogen-bond acceptors (Lipinski definition) is 4. The van der Waals surface area contributed by atoms with Gasteiger partial charge in [0.2, 0.25) is 0 Å². The Labute approximate surface area is 150 Å². The third-order valence-corrected chi connectivity index (χ3v) is 4.91. The molecule has 0 N–H and O–H groups in total. The van der Waals surface area contributed by atoms with E-state index in [9.17, 15) is 9.59 Å². The SMILES string of the molecule is CCCN1c2ccc(C=C=C=O)cc2Sc2cc(C=C=C=O)ccc21. The van der Waals surface area contributed by atoms with E-state index >= 15 is 0 Å². The third-order valence-electron chi connectivity index (χ3n) is 3.81. The van der Waals surface area contributed by atoms with E-state index in [1.165, 1.54) is 0 Å². The molecular weight excluding hydrogens is 330 g/mol. The summed E-state index contributed by atoms with van der Waals surface area (Å²) < 4.78 is 0. The molecule has 3 nitrogen and oxygen atoms in total. The molecule has 122 valence electrons. The van der Waals surface area contributed by atoms with E-state index in [1.54, 1.807) is 35.8 Å². The van der Waals surface area contributed by atoms with Crippen LogP contribution in [0.25, 0.3) is 12.2 Å². The molecule has 0 unspecified atom stereocenters.